The maximum Gasteiger partial charge on any atom is 0.143 e. The molecule has 72 heavy (non-hydrogen) atoms. The first-order chi connectivity index (χ1) is 35.7. The van der Waals surface area contributed by atoms with E-state index in [1.165, 1.54) is 32.6 Å². The van der Waals surface area contributed by atoms with E-state index >= 15 is 0 Å². The summed E-state index contributed by atoms with van der Waals surface area (Å²) in [4.78, 5) is 2.35. The first-order valence-corrected chi connectivity index (χ1v) is 24.6. The van der Waals surface area contributed by atoms with Crippen LogP contribution in [0.25, 0.3) is 126 Å². The van der Waals surface area contributed by atoms with Gasteiger partial charge in [0.2, 0.25) is 0 Å². The molecular weight excluding hydrogens is 877 g/mol. The van der Waals surface area contributed by atoms with Crippen molar-refractivity contribution in [3.8, 4) is 39.1 Å². The number of furan rings is 2. The summed E-state index contributed by atoms with van der Waals surface area (Å²) in [6.45, 7) is 0. The molecule has 0 atom stereocenters. The van der Waals surface area contributed by atoms with Gasteiger partial charge in [0.1, 0.15) is 22.3 Å². The van der Waals surface area contributed by atoms with Crippen LogP contribution in [0.5, 0.6) is 0 Å². The normalized spacial score (nSPS) is 11.9. The molecule has 0 amide bonds. The number of fused-ring (bicyclic) bond motifs is 13. The van der Waals surface area contributed by atoms with Gasteiger partial charge < -0.3 is 18.3 Å². The molecule has 0 saturated heterocycles. The lowest BCUT2D eigenvalue weighted by Gasteiger charge is -2.26. The summed E-state index contributed by atoms with van der Waals surface area (Å²) in [6.07, 6.45) is 0. The Hall–Kier alpha value is -9.64. The standard InChI is InChI=1S/C68H42N2O2/c1-3-16-55-44(12-1)32-40-59-65-53(20-10-24-63(65)71-67(55)59)46-28-36-50(37-29-46)69(51-38-30-47(31-39-51)54-21-11-25-64-66(54)60-41-33-45-13-2-4-17-56(45)68(60)72-64)49-34-26-43(27-35-49)48-14-9-15-52(42-48)70-61-22-7-5-18-57(61)58-19-6-8-23-62(58)70/h1-42H. The second kappa shape index (κ2) is 16.0. The highest BCUT2D eigenvalue weighted by atomic mass is 16.3. The van der Waals surface area contributed by atoms with Crippen molar-refractivity contribution in [3.63, 3.8) is 0 Å². The molecule has 3 aromatic heterocycles. The predicted octanol–water partition coefficient (Wildman–Crippen LogP) is 19.4. The smallest absolute Gasteiger partial charge is 0.143 e. The highest BCUT2D eigenvalue weighted by molar-refractivity contribution is 6.20. The van der Waals surface area contributed by atoms with E-state index < -0.39 is 0 Å². The van der Waals surface area contributed by atoms with E-state index in [4.69, 9.17) is 8.83 Å². The first-order valence-electron chi connectivity index (χ1n) is 24.6. The second-order valence-corrected chi connectivity index (χ2v) is 18.8. The number of hydrogen-bond acceptors (Lipinski definition) is 3. The van der Waals surface area contributed by atoms with E-state index in [2.05, 4.69) is 264 Å². The lowest BCUT2D eigenvalue weighted by atomic mass is 9.97. The maximum atomic E-state index is 6.59. The molecule has 0 aliphatic rings. The van der Waals surface area contributed by atoms with Crippen LogP contribution in [-0.4, -0.2) is 4.57 Å². The quantitative estimate of drug-likeness (QED) is 0.160. The average Bonchev–Trinajstić information content (AvgIpc) is 4.14. The molecular formula is C68H42N2O2. The van der Waals surface area contributed by atoms with E-state index in [0.29, 0.717) is 0 Å². The van der Waals surface area contributed by atoms with E-state index in [1.54, 1.807) is 0 Å². The lowest BCUT2D eigenvalue weighted by Crippen LogP contribution is -2.09. The molecule has 0 aliphatic heterocycles. The molecule has 3 heterocycles. The van der Waals surface area contributed by atoms with E-state index in [-0.39, 0.29) is 0 Å². The maximum absolute atomic E-state index is 6.59. The van der Waals surface area contributed by atoms with Crippen molar-refractivity contribution in [1.29, 1.82) is 0 Å². The topological polar surface area (TPSA) is 34.5 Å². The number of hydrogen-bond donors (Lipinski definition) is 0. The summed E-state index contributed by atoms with van der Waals surface area (Å²) >= 11 is 0. The van der Waals surface area contributed by atoms with Gasteiger partial charge in [-0.05, 0) is 129 Å². The third kappa shape index (κ3) is 6.26. The Kier molecular flexibility index (Phi) is 8.92. The number of aromatic nitrogens is 1. The zero-order chi connectivity index (χ0) is 47.3. The Morgan fingerprint density at radius 3 is 1.22 bits per heavy atom. The van der Waals surface area contributed by atoms with Crippen LogP contribution < -0.4 is 4.90 Å². The lowest BCUT2D eigenvalue weighted by molar-refractivity contribution is 0.672. The summed E-state index contributed by atoms with van der Waals surface area (Å²) in [5.41, 5.74) is 17.2. The van der Waals surface area contributed by atoms with Crippen molar-refractivity contribution in [2.75, 3.05) is 4.90 Å². The number of rotatable bonds is 7. The minimum atomic E-state index is 0.887. The molecule has 336 valence electrons. The molecule has 0 fully saturated rings. The van der Waals surface area contributed by atoms with Crippen molar-refractivity contribution in [3.05, 3.63) is 255 Å². The van der Waals surface area contributed by atoms with Crippen LogP contribution in [0.2, 0.25) is 0 Å². The molecule has 15 rings (SSSR count). The Balaban J connectivity index is 0.833. The van der Waals surface area contributed by atoms with E-state index in [0.717, 1.165) is 111 Å². The molecule has 0 unspecified atom stereocenters. The molecule has 4 heteroatoms. The third-order valence-electron chi connectivity index (χ3n) is 14.8. The van der Waals surface area contributed by atoms with Crippen molar-refractivity contribution in [2.45, 2.75) is 0 Å². The molecule has 15 aromatic rings. The van der Waals surface area contributed by atoms with E-state index in [1.807, 2.05) is 0 Å². The van der Waals surface area contributed by atoms with Gasteiger partial charge in [0.15, 0.2) is 0 Å². The van der Waals surface area contributed by atoms with Crippen molar-refractivity contribution >= 4 is 104 Å². The third-order valence-corrected chi connectivity index (χ3v) is 14.8. The van der Waals surface area contributed by atoms with Gasteiger partial charge in [0, 0.05) is 65.8 Å². The molecule has 4 nitrogen and oxygen atoms in total. The minimum absolute atomic E-state index is 0.887. The Labute approximate surface area is 414 Å². The summed E-state index contributed by atoms with van der Waals surface area (Å²) in [7, 11) is 0. The Morgan fingerprint density at radius 2 is 0.722 bits per heavy atom. The largest absolute Gasteiger partial charge is 0.455 e. The van der Waals surface area contributed by atoms with Gasteiger partial charge in [0.05, 0.1) is 11.0 Å². The molecule has 0 aliphatic carbocycles. The Bertz CT molecular complexity index is 4360. The first kappa shape index (κ1) is 40.3. The molecule has 0 bridgehead atoms. The summed E-state index contributed by atoms with van der Waals surface area (Å²) < 4.78 is 15.6. The van der Waals surface area contributed by atoms with Gasteiger partial charge >= 0.3 is 0 Å². The van der Waals surface area contributed by atoms with Crippen LogP contribution in [0.15, 0.2) is 264 Å². The highest BCUT2D eigenvalue weighted by Crippen LogP contribution is 2.44. The van der Waals surface area contributed by atoms with Crippen molar-refractivity contribution in [2.24, 2.45) is 0 Å². The van der Waals surface area contributed by atoms with E-state index in [9.17, 15) is 0 Å². The van der Waals surface area contributed by atoms with Gasteiger partial charge in [-0.2, -0.15) is 0 Å². The minimum Gasteiger partial charge on any atom is -0.455 e. The van der Waals surface area contributed by atoms with Crippen molar-refractivity contribution < 1.29 is 8.83 Å². The number of anilines is 3. The average molecular weight is 919 g/mol. The molecule has 12 aromatic carbocycles. The van der Waals surface area contributed by atoms with Gasteiger partial charge in [-0.15, -0.1) is 0 Å². The summed E-state index contributed by atoms with van der Waals surface area (Å²) in [5, 5.41) is 11.6. The van der Waals surface area contributed by atoms with Gasteiger partial charge in [-0.25, -0.2) is 0 Å². The molecule has 0 N–H and O–H groups in total. The van der Waals surface area contributed by atoms with Crippen LogP contribution in [0.3, 0.4) is 0 Å². The van der Waals surface area contributed by atoms with Crippen LogP contribution in [0.1, 0.15) is 0 Å². The number of benzene rings is 12. The zero-order valence-corrected chi connectivity index (χ0v) is 39.0. The monoisotopic (exact) mass is 918 g/mol. The fraction of sp³-hybridized carbons (Fsp3) is 0. The zero-order valence-electron chi connectivity index (χ0n) is 39.0. The molecule has 0 radical (unpaired) electrons. The second-order valence-electron chi connectivity index (χ2n) is 18.8. The SMILES string of the molecule is c1cc(-c2ccc(N(c3ccc(-c4cccc5oc6c7ccccc7ccc6c45)cc3)c3ccc(-c4cccc5oc6c7ccccc7ccc6c45)cc3)cc2)cc(-n2c3ccccc3c3ccccc32)c1. The van der Waals surface area contributed by atoms with Gasteiger partial charge in [-0.3, -0.25) is 0 Å². The van der Waals surface area contributed by atoms with Crippen LogP contribution in [0.4, 0.5) is 17.1 Å². The van der Waals surface area contributed by atoms with Crippen LogP contribution in [0, 0.1) is 0 Å². The highest BCUT2D eigenvalue weighted by Gasteiger charge is 2.20. The van der Waals surface area contributed by atoms with Crippen molar-refractivity contribution in [1.82, 2.24) is 4.57 Å². The predicted molar refractivity (Wildman–Crippen MR) is 301 cm³/mol. The van der Waals surface area contributed by atoms with Crippen LogP contribution >= 0.6 is 0 Å². The number of nitrogens with zero attached hydrogens (tertiary/aromatic N) is 2. The molecule has 0 saturated carbocycles. The fourth-order valence-corrected chi connectivity index (χ4v) is 11.4. The van der Waals surface area contributed by atoms with Crippen LogP contribution in [-0.2, 0) is 0 Å². The fourth-order valence-electron chi connectivity index (χ4n) is 11.4. The summed E-state index contributed by atoms with van der Waals surface area (Å²) in [6, 6.07) is 91.6. The summed E-state index contributed by atoms with van der Waals surface area (Å²) in [5.74, 6) is 0. The Morgan fingerprint density at radius 1 is 0.292 bits per heavy atom. The number of para-hydroxylation sites is 2. The van der Waals surface area contributed by atoms with Gasteiger partial charge in [-0.1, -0.05) is 170 Å². The molecule has 0 spiro atoms. The van der Waals surface area contributed by atoms with Gasteiger partial charge in [0.25, 0.3) is 0 Å².